The number of aromatic hydroxyl groups is 3. The van der Waals surface area contributed by atoms with Crippen LogP contribution in [0.2, 0.25) is 0 Å². The molecule has 9 nitrogen and oxygen atoms in total. The molecule has 3 aromatic rings. The van der Waals surface area contributed by atoms with E-state index in [-0.39, 0.29) is 0 Å². The number of rotatable bonds is 15. The summed E-state index contributed by atoms with van der Waals surface area (Å²) < 4.78 is 0. The number of benzene rings is 3. The van der Waals surface area contributed by atoms with Gasteiger partial charge in [0.25, 0.3) is 0 Å². The fourth-order valence-electron chi connectivity index (χ4n) is 11.5. The third kappa shape index (κ3) is 9.22. The molecule has 3 aromatic carbocycles. The van der Waals surface area contributed by atoms with Crippen molar-refractivity contribution >= 4 is 0 Å². The highest BCUT2D eigenvalue weighted by atomic mass is 16.3. The molecule has 6 saturated heterocycles. The summed E-state index contributed by atoms with van der Waals surface area (Å²) in [5.74, 6) is 1.38. The normalized spacial score (nSPS) is 21.9. The van der Waals surface area contributed by atoms with Crippen molar-refractivity contribution in [3.8, 4) is 17.2 Å². The van der Waals surface area contributed by atoms with Crippen LogP contribution in [0.25, 0.3) is 0 Å². The summed E-state index contributed by atoms with van der Waals surface area (Å²) in [6, 6.07) is 14.0. The molecule has 0 atom stereocenters. The molecule has 0 bridgehead atoms. The second-order valence-electron chi connectivity index (χ2n) is 19.5. The summed E-state index contributed by atoms with van der Waals surface area (Å²) in [6.45, 7) is 19.7. The minimum absolute atomic E-state index is 0.459. The van der Waals surface area contributed by atoms with E-state index < -0.39 is 5.41 Å². The lowest BCUT2D eigenvalue weighted by atomic mass is 9.68. The average Bonchev–Trinajstić information content (AvgIpc) is 4.08. The van der Waals surface area contributed by atoms with Gasteiger partial charge in [-0.2, -0.15) is 0 Å². The number of hydrogen-bond donors (Lipinski definition) is 3. The minimum atomic E-state index is -0.645. The van der Waals surface area contributed by atoms with Crippen LogP contribution in [0.1, 0.15) is 134 Å². The van der Waals surface area contributed by atoms with Gasteiger partial charge in [-0.3, -0.25) is 29.4 Å². The summed E-state index contributed by atoms with van der Waals surface area (Å²) in [7, 11) is 0. The first-order chi connectivity index (χ1) is 28.8. The van der Waals surface area contributed by atoms with Crippen molar-refractivity contribution in [1.29, 1.82) is 0 Å². The summed E-state index contributed by atoms with van der Waals surface area (Å²) in [6.07, 6.45) is 14.5. The predicted molar refractivity (Wildman–Crippen MR) is 237 cm³/mol. The third-order valence-corrected chi connectivity index (χ3v) is 15.1. The Hall–Kier alpha value is -3.18. The van der Waals surface area contributed by atoms with E-state index in [1.54, 1.807) is 0 Å². The van der Waals surface area contributed by atoms with Crippen LogP contribution in [0.3, 0.4) is 0 Å². The molecule has 0 aromatic heterocycles. The molecule has 0 spiro atoms. The van der Waals surface area contributed by atoms with Crippen LogP contribution in [-0.4, -0.2) is 123 Å². The first-order valence-corrected chi connectivity index (χ1v) is 23.7. The van der Waals surface area contributed by atoms with Gasteiger partial charge in [0.05, 0.1) is 0 Å². The van der Waals surface area contributed by atoms with Crippen LogP contribution in [0.4, 0.5) is 0 Å². The van der Waals surface area contributed by atoms with Crippen LogP contribution < -0.4 is 0 Å². The maximum Gasteiger partial charge on any atom is 0.124 e. The van der Waals surface area contributed by atoms with E-state index >= 15 is 0 Å². The zero-order valence-corrected chi connectivity index (χ0v) is 36.2. The van der Waals surface area contributed by atoms with E-state index in [9.17, 15) is 15.3 Å². The Labute approximate surface area is 354 Å². The monoisotopic (exact) mass is 805 g/mol. The Morgan fingerprint density at radius 1 is 0.322 bits per heavy atom. The molecule has 6 fully saturated rings. The first-order valence-electron chi connectivity index (χ1n) is 23.7. The first kappa shape index (κ1) is 41.2. The van der Waals surface area contributed by atoms with Gasteiger partial charge in [-0.25, -0.2) is 0 Å². The fraction of sp³-hybridized carbons (Fsp3) is 0.640. The van der Waals surface area contributed by atoms with Gasteiger partial charge >= 0.3 is 0 Å². The molecule has 3 N–H and O–H groups in total. The molecular formula is C50H72N6O3. The summed E-state index contributed by atoms with van der Waals surface area (Å²) >= 11 is 0. The molecule has 9 heteroatoms. The zero-order chi connectivity index (χ0) is 40.3. The standard InChI is InChI=1S/C50H72N6O3/c1-50(44-26-38(32-51-14-2-3-15-51)47(57)39(27-44)33-52-16-4-5-17-52,45-28-40(34-53-18-6-7-19-53)48(58)41(29-45)35-54-20-8-9-21-54)46-30-42(36-55-22-10-11-23-55)49(59)43(31-46)37-56-24-12-13-25-56/h26-31,57-59H,2-25,32-37H2,1H3. The lowest BCUT2D eigenvalue weighted by Gasteiger charge is -2.36. The number of phenols is 3. The lowest BCUT2D eigenvalue weighted by Crippen LogP contribution is -2.30. The van der Waals surface area contributed by atoms with E-state index in [0.29, 0.717) is 17.2 Å². The quantitative estimate of drug-likeness (QED) is 0.134. The average molecular weight is 805 g/mol. The van der Waals surface area contributed by atoms with Crippen molar-refractivity contribution in [2.24, 2.45) is 0 Å². The Kier molecular flexibility index (Phi) is 12.9. The predicted octanol–water partition coefficient (Wildman–Crippen LogP) is 7.73. The van der Waals surface area contributed by atoms with E-state index in [0.717, 1.165) is 151 Å². The van der Waals surface area contributed by atoms with Gasteiger partial charge in [-0.05, 0) is 216 Å². The van der Waals surface area contributed by atoms with E-state index in [1.165, 1.54) is 93.7 Å². The van der Waals surface area contributed by atoms with Crippen LogP contribution in [0.15, 0.2) is 36.4 Å². The van der Waals surface area contributed by atoms with Crippen molar-refractivity contribution in [2.45, 2.75) is 129 Å². The summed E-state index contributed by atoms with van der Waals surface area (Å²) in [4.78, 5) is 15.1. The highest BCUT2D eigenvalue weighted by Crippen LogP contribution is 2.46. The van der Waals surface area contributed by atoms with Gasteiger partial charge < -0.3 is 15.3 Å². The fourth-order valence-corrected chi connectivity index (χ4v) is 11.5. The molecule has 0 aliphatic carbocycles. The van der Waals surface area contributed by atoms with Gasteiger partial charge in [0, 0.05) is 78.1 Å². The molecule has 320 valence electrons. The van der Waals surface area contributed by atoms with Crippen molar-refractivity contribution in [2.75, 3.05) is 78.5 Å². The topological polar surface area (TPSA) is 80.1 Å². The Bertz CT molecular complexity index is 1560. The molecule has 6 aliphatic heterocycles. The van der Waals surface area contributed by atoms with Crippen LogP contribution in [0, 0.1) is 0 Å². The van der Waals surface area contributed by atoms with Gasteiger partial charge in [-0.15, -0.1) is 0 Å². The number of hydrogen-bond acceptors (Lipinski definition) is 9. The number of likely N-dealkylation sites (tertiary alicyclic amines) is 6. The third-order valence-electron chi connectivity index (χ3n) is 15.1. The smallest absolute Gasteiger partial charge is 0.124 e. The molecule has 6 aliphatic rings. The zero-order valence-electron chi connectivity index (χ0n) is 36.2. The van der Waals surface area contributed by atoms with Crippen molar-refractivity contribution < 1.29 is 15.3 Å². The number of nitrogens with zero attached hydrogens (tertiary/aromatic N) is 6. The molecule has 9 rings (SSSR count). The Balaban J connectivity index is 1.25. The molecule has 6 heterocycles. The van der Waals surface area contributed by atoms with E-state index in [4.69, 9.17) is 0 Å². The van der Waals surface area contributed by atoms with Gasteiger partial charge in [-0.1, -0.05) is 0 Å². The van der Waals surface area contributed by atoms with Crippen LogP contribution in [0.5, 0.6) is 17.2 Å². The van der Waals surface area contributed by atoms with Crippen molar-refractivity contribution in [3.05, 3.63) is 86.5 Å². The molecule has 0 radical (unpaired) electrons. The Morgan fingerprint density at radius 3 is 0.627 bits per heavy atom. The lowest BCUT2D eigenvalue weighted by molar-refractivity contribution is 0.310. The van der Waals surface area contributed by atoms with Crippen LogP contribution in [-0.2, 0) is 44.7 Å². The van der Waals surface area contributed by atoms with Gasteiger partial charge in [0.1, 0.15) is 17.2 Å². The summed E-state index contributed by atoms with van der Waals surface area (Å²) in [5.41, 5.74) is 9.04. The largest absolute Gasteiger partial charge is 0.507 e. The molecule has 0 saturated carbocycles. The van der Waals surface area contributed by atoms with E-state index in [2.05, 4.69) is 72.7 Å². The molecule has 59 heavy (non-hydrogen) atoms. The van der Waals surface area contributed by atoms with Crippen LogP contribution >= 0.6 is 0 Å². The van der Waals surface area contributed by atoms with E-state index in [1.807, 2.05) is 0 Å². The second kappa shape index (κ2) is 18.4. The highest BCUT2D eigenvalue weighted by molar-refractivity contribution is 5.60. The van der Waals surface area contributed by atoms with Gasteiger partial charge in [0.15, 0.2) is 0 Å². The summed E-state index contributed by atoms with van der Waals surface area (Å²) in [5, 5.41) is 36.6. The molecule has 0 unspecified atom stereocenters. The number of phenolic OH excluding ortho intramolecular Hbond substituents is 3. The highest BCUT2D eigenvalue weighted by Gasteiger charge is 2.37. The molecular weight excluding hydrogens is 733 g/mol. The maximum atomic E-state index is 12.2. The SMILES string of the molecule is CC(c1cc(CN2CCCC2)c(O)c(CN2CCCC2)c1)(c1cc(CN2CCCC2)c(O)c(CN2CCCC2)c1)c1cc(CN2CCCC2)c(O)c(CN2CCCC2)c1. The van der Waals surface area contributed by atoms with Gasteiger partial charge in [0.2, 0.25) is 0 Å². The maximum absolute atomic E-state index is 12.2. The van der Waals surface area contributed by atoms with Crippen molar-refractivity contribution in [1.82, 2.24) is 29.4 Å². The van der Waals surface area contributed by atoms with Crippen molar-refractivity contribution in [3.63, 3.8) is 0 Å². The second-order valence-corrected chi connectivity index (χ2v) is 19.5. The minimum Gasteiger partial charge on any atom is -0.507 e. The molecule has 0 amide bonds. The Morgan fingerprint density at radius 2 is 0.475 bits per heavy atom.